The molecule has 108 valence electrons. The number of carboxylic acids is 1. The van der Waals surface area contributed by atoms with Crippen molar-refractivity contribution in [1.29, 1.82) is 0 Å². The van der Waals surface area contributed by atoms with Crippen molar-refractivity contribution in [3.8, 4) is 0 Å². The highest BCUT2D eigenvalue weighted by molar-refractivity contribution is 6.14. The van der Waals surface area contributed by atoms with Crippen molar-refractivity contribution >= 4 is 17.7 Å². The zero-order valence-corrected chi connectivity index (χ0v) is 11.2. The fourth-order valence-electron chi connectivity index (χ4n) is 2.80. The molecule has 2 aliphatic rings. The van der Waals surface area contributed by atoms with Gasteiger partial charge in [-0.2, -0.15) is 0 Å². The number of amides is 1. The zero-order chi connectivity index (χ0) is 15.0. The summed E-state index contributed by atoms with van der Waals surface area (Å²) in [6.07, 6.45) is -0.478. The first-order chi connectivity index (χ1) is 10.1. The van der Waals surface area contributed by atoms with E-state index < -0.39 is 18.3 Å². The highest BCUT2D eigenvalue weighted by atomic mass is 16.4. The molecule has 1 saturated heterocycles. The van der Waals surface area contributed by atoms with Crippen molar-refractivity contribution < 1.29 is 19.5 Å². The predicted octanol–water partition coefficient (Wildman–Crippen LogP) is -0.717. The maximum Gasteiger partial charge on any atom is 0.236 e. The molecule has 21 heavy (non-hydrogen) atoms. The number of carbonyl (C=O) groups excluding carboxylic acids is 3. The Bertz CT molecular complexity index is 651. The third kappa shape index (κ3) is 2.18. The van der Waals surface area contributed by atoms with Crippen LogP contribution in [0.2, 0.25) is 0 Å². The molecule has 1 fully saturated rings. The van der Waals surface area contributed by atoms with Gasteiger partial charge in [0.1, 0.15) is 5.82 Å². The number of nitrogens with one attached hydrogen (secondary N) is 1. The van der Waals surface area contributed by atoms with Crippen molar-refractivity contribution in [1.82, 2.24) is 10.2 Å². The minimum absolute atomic E-state index is 0.230. The van der Waals surface area contributed by atoms with Crippen LogP contribution >= 0.6 is 0 Å². The van der Waals surface area contributed by atoms with E-state index in [0.29, 0.717) is 24.5 Å². The lowest BCUT2D eigenvalue weighted by molar-refractivity contribution is -0.306. The largest absolute Gasteiger partial charge is 0.550 e. The predicted molar refractivity (Wildman–Crippen MR) is 70.6 cm³/mol. The Labute approximate surface area is 121 Å². The third-order valence-electron chi connectivity index (χ3n) is 3.72. The molecule has 0 unspecified atom stereocenters. The number of aliphatic carboxylic acids is 1. The molecule has 1 aromatic rings. The van der Waals surface area contributed by atoms with Gasteiger partial charge in [-0.25, -0.2) is 0 Å². The molecule has 0 aromatic heterocycles. The van der Waals surface area contributed by atoms with Gasteiger partial charge in [-0.05, 0) is 0 Å². The topological polar surface area (TPSA) is 89.5 Å². The number of benzene rings is 1. The molecule has 0 aliphatic carbocycles. The highest BCUT2D eigenvalue weighted by Gasteiger charge is 2.44. The second-order valence-corrected chi connectivity index (χ2v) is 5.00. The van der Waals surface area contributed by atoms with Gasteiger partial charge in [0, 0.05) is 31.0 Å². The Hall–Kier alpha value is -2.63. The van der Waals surface area contributed by atoms with Crippen molar-refractivity contribution in [3.63, 3.8) is 0 Å². The van der Waals surface area contributed by atoms with Crippen molar-refractivity contribution in [2.75, 3.05) is 13.1 Å². The Kier molecular flexibility index (Phi) is 3.21. The number of ketones is 1. The van der Waals surface area contributed by atoms with E-state index in [4.69, 9.17) is 0 Å². The number of hydrogen-bond donors (Lipinski definition) is 1. The first-order valence-corrected chi connectivity index (χ1v) is 6.68. The molecular formula is C15H13N2O4-. The van der Waals surface area contributed by atoms with Gasteiger partial charge in [0.2, 0.25) is 5.91 Å². The number of Topliss-reactive ketones (excluding diaryl/α,β-unsaturated/α-hetero) is 1. The van der Waals surface area contributed by atoms with Gasteiger partial charge in [-0.3, -0.25) is 14.5 Å². The molecule has 6 heteroatoms. The quantitative estimate of drug-likeness (QED) is 0.738. The standard InChI is InChI=1S/C15H14N2O4/c18-11(19)8-10-12(13(20)9-4-2-1-3-5-9)14-16-6-7-17(14)15(10)21/h1-5,10,16H,6-8H2,(H,18,19)/p-1/t10-/m1/s1. The zero-order valence-electron chi connectivity index (χ0n) is 11.2. The molecule has 1 aromatic carbocycles. The second-order valence-electron chi connectivity index (χ2n) is 5.00. The highest BCUT2D eigenvalue weighted by Crippen LogP contribution is 2.34. The number of fused-ring (bicyclic) bond motifs is 1. The summed E-state index contributed by atoms with van der Waals surface area (Å²) >= 11 is 0. The van der Waals surface area contributed by atoms with Crippen LogP contribution in [0, 0.1) is 5.92 Å². The first kappa shape index (κ1) is 13.4. The lowest BCUT2D eigenvalue weighted by Gasteiger charge is -2.14. The normalized spacial score (nSPS) is 20.5. The summed E-state index contributed by atoms with van der Waals surface area (Å²) in [5, 5.41) is 13.9. The third-order valence-corrected chi connectivity index (χ3v) is 3.72. The van der Waals surface area contributed by atoms with Gasteiger partial charge in [-0.1, -0.05) is 30.3 Å². The van der Waals surface area contributed by atoms with Crippen LogP contribution in [0.5, 0.6) is 0 Å². The number of nitrogens with zero attached hydrogens (tertiary/aromatic N) is 1. The summed E-state index contributed by atoms with van der Waals surface area (Å²) in [6.45, 7) is 1.01. The van der Waals surface area contributed by atoms with Crippen molar-refractivity contribution in [2.24, 2.45) is 5.92 Å². The number of rotatable bonds is 4. The molecule has 6 nitrogen and oxygen atoms in total. The monoisotopic (exact) mass is 285 g/mol. The Morgan fingerprint density at radius 2 is 2.00 bits per heavy atom. The van der Waals surface area contributed by atoms with Crippen LogP contribution in [0.1, 0.15) is 16.8 Å². The molecule has 0 saturated carbocycles. The molecule has 1 N–H and O–H groups in total. The van der Waals surface area contributed by atoms with Crippen LogP contribution in [0.3, 0.4) is 0 Å². The van der Waals surface area contributed by atoms with Crippen molar-refractivity contribution in [2.45, 2.75) is 6.42 Å². The summed E-state index contributed by atoms with van der Waals surface area (Å²) in [4.78, 5) is 37.2. The van der Waals surface area contributed by atoms with Gasteiger partial charge < -0.3 is 15.2 Å². The van der Waals surface area contributed by atoms with Crippen LogP contribution in [0.4, 0.5) is 0 Å². The van der Waals surface area contributed by atoms with E-state index >= 15 is 0 Å². The maximum absolute atomic E-state index is 12.6. The Morgan fingerprint density at radius 1 is 1.29 bits per heavy atom. The fraction of sp³-hybridized carbons (Fsp3) is 0.267. The van der Waals surface area contributed by atoms with Crippen LogP contribution in [0.15, 0.2) is 41.7 Å². The van der Waals surface area contributed by atoms with E-state index in [1.54, 1.807) is 30.3 Å². The van der Waals surface area contributed by atoms with E-state index in [1.807, 2.05) is 0 Å². The van der Waals surface area contributed by atoms with Gasteiger partial charge in [0.05, 0.1) is 11.5 Å². The average Bonchev–Trinajstić information content (AvgIpc) is 3.03. The van der Waals surface area contributed by atoms with Crippen LogP contribution in [0.25, 0.3) is 0 Å². The summed E-state index contributed by atoms with van der Waals surface area (Å²) in [6, 6.07) is 8.53. The van der Waals surface area contributed by atoms with Gasteiger partial charge in [-0.15, -0.1) is 0 Å². The van der Waals surface area contributed by atoms with Crippen molar-refractivity contribution in [3.05, 3.63) is 47.3 Å². The lowest BCUT2D eigenvalue weighted by atomic mass is 9.91. The summed E-state index contributed by atoms with van der Waals surface area (Å²) in [5.74, 6) is -2.53. The van der Waals surface area contributed by atoms with Crippen LogP contribution < -0.4 is 10.4 Å². The molecule has 2 heterocycles. The minimum atomic E-state index is -1.34. The second kappa shape index (κ2) is 5.05. The number of hydrogen-bond acceptors (Lipinski definition) is 5. The SMILES string of the molecule is O=C([O-])C[C@H]1C(=O)N2CCNC2=C1C(=O)c1ccccc1. The number of carbonyl (C=O) groups is 3. The van der Waals surface area contributed by atoms with Gasteiger partial charge >= 0.3 is 0 Å². The molecule has 0 spiro atoms. The van der Waals surface area contributed by atoms with Gasteiger partial charge in [0.15, 0.2) is 5.78 Å². The van der Waals surface area contributed by atoms with E-state index in [0.717, 1.165) is 0 Å². The molecule has 1 amide bonds. The van der Waals surface area contributed by atoms with Gasteiger partial charge in [0.25, 0.3) is 0 Å². The number of carboxylic acid groups (broad SMARTS) is 1. The van der Waals surface area contributed by atoms with E-state index in [9.17, 15) is 19.5 Å². The Balaban J connectivity index is 2.03. The fourth-order valence-corrected chi connectivity index (χ4v) is 2.80. The molecule has 0 radical (unpaired) electrons. The smallest absolute Gasteiger partial charge is 0.236 e. The maximum atomic E-state index is 12.6. The van der Waals surface area contributed by atoms with E-state index in [2.05, 4.69) is 5.32 Å². The first-order valence-electron chi connectivity index (χ1n) is 6.68. The molecule has 1 atom stereocenters. The minimum Gasteiger partial charge on any atom is -0.550 e. The summed E-state index contributed by atoms with van der Waals surface area (Å²) in [7, 11) is 0. The van der Waals surface area contributed by atoms with E-state index in [-0.39, 0.29) is 17.3 Å². The van der Waals surface area contributed by atoms with Crippen LogP contribution in [-0.4, -0.2) is 35.6 Å². The molecule has 0 bridgehead atoms. The van der Waals surface area contributed by atoms with E-state index in [1.165, 1.54) is 4.90 Å². The molecule has 2 aliphatic heterocycles. The summed E-state index contributed by atoms with van der Waals surface area (Å²) < 4.78 is 0. The average molecular weight is 285 g/mol. The lowest BCUT2D eigenvalue weighted by Crippen LogP contribution is -2.33. The van der Waals surface area contributed by atoms with Crippen LogP contribution in [-0.2, 0) is 9.59 Å². The molecule has 3 rings (SSSR count). The Morgan fingerprint density at radius 3 is 2.67 bits per heavy atom. The molecular weight excluding hydrogens is 272 g/mol. The summed E-state index contributed by atoms with van der Waals surface area (Å²) in [5.41, 5.74) is 0.666.